The molecule has 0 radical (unpaired) electrons. The van der Waals surface area contributed by atoms with Gasteiger partial charge in [0.1, 0.15) is 5.82 Å². The number of ketones is 1. The Hall–Kier alpha value is -2.72. The molecule has 2 aliphatic rings. The summed E-state index contributed by atoms with van der Waals surface area (Å²) in [5.41, 5.74) is 9.81. The van der Waals surface area contributed by atoms with Crippen LogP contribution in [-0.4, -0.2) is 53.5 Å². The minimum absolute atomic E-state index is 0.0276. The van der Waals surface area contributed by atoms with Crippen molar-refractivity contribution in [3.63, 3.8) is 0 Å². The van der Waals surface area contributed by atoms with Gasteiger partial charge in [-0.3, -0.25) is 9.59 Å². The molecule has 1 aromatic heterocycles. The minimum atomic E-state index is -3.44. The summed E-state index contributed by atoms with van der Waals surface area (Å²) in [6.07, 6.45) is 2.78. The molecule has 2 aliphatic heterocycles. The Morgan fingerprint density at radius 2 is 2.10 bits per heavy atom. The van der Waals surface area contributed by atoms with Crippen molar-refractivity contribution in [2.24, 2.45) is 0 Å². The van der Waals surface area contributed by atoms with E-state index in [9.17, 15) is 18.0 Å². The van der Waals surface area contributed by atoms with E-state index in [0.717, 1.165) is 34.2 Å². The molecule has 1 atom stereocenters. The van der Waals surface area contributed by atoms with Crippen molar-refractivity contribution in [2.45, 2.75) is 38.6 Å². The van der Waals surface area contributed by atoms with E-state index < -0.39 is 27.6 Å². The smallest absolute Gasteiger partial charge is 0.315 e. The fourth-order valence-corrected chi connectivity index (χ4v) is 5.10. The third-order valence-electron chi connectivity index (χ3n) is 5.92. The zero-order chi connectivity index (χ0) is 21.6. The number of hydrogen-bond donors (Lipinski definition) is 2. The van der Waals surface area contributed by atoms with Gasteiger partial charge in [0, 0.05) is 24.3 Å². The fourth-order valence-electron chi connectivity index (χ4n) is 4.32. The summed E-state index contributed by atoms with van der Waals surface area (Å²) < 4.78 is 26.2. The number of nitrogens with two attached hydrogens (primary N) is 1. The molecule has 0 bridgehead atoms. The predicted molar refractivity (Wildman–Crippen MR) is 113 cm³/mol. The molecule has 2 aromatic rings. The number of nitrogen functional groups attached to an aromatic ring is 1. The monoisotopic (exact) mass is 431 g/mol. The van der Waals surface area contributed by atoms with E-state index in [2.05, 4.69) is 10.4 Å². The molecule has 0 spiro atoms. The van der Waals surface area contributed by atoms with Gasteiger partial charge in [-0.1, -0.05) is 25.1 Å². The molecular weight excluding hydrogens is 406 g/mol. The van der Waals surface area contributed by atoms with Gasteiger partial charge in [-0.25, -0.2) is 8.42 Å². The first-order valence-corrected chi connectivity index (χ1v) is 11.8. The lowest BCUT2D eigenvalue weighted by Crippen LogP contribution is -2.38. The molecule has 10 heteroatoms. The number of fused-ring (bicyclic) bond motifs is 2. The Labute approximate surface area is 175 Å². The summed E-state index contributed by atoms with van der Waals surface area (Å²) in [6.45, 7) is 2.88. The first-order valence-electron chi connectivity index (χ1n) is 9.98. The highest BCUT2D eigenvalue weighted by Gasteiger charge is 2.36. The predicted octanol–water partition coefficient (Wildman–Crippen LogP) is 1.15. The van der Waals surface area contributed by atoms with Crippen LogP contribution >= 0.6 is 0 Å². The Bertz CT molecular complexity index is 1140. The molecule has 4 rings (SSSR count). The summed E-state index contributed by atoms with van der Waals surface area (Å²) in [4.78, 5) is 26.4. The average molecular weight is 432 g/mol. The van der Waals surface area contributed by atoms with Crippen LogP contribution in [0.15, 0.2) is 18.2 Å². The van der Waals surface area contributed by atoms with E-state index in [1.54, 1.807) is 0 Å². The van der Waals surface area contributed by atoms with Gasteiger partial charge in [0.25, 0.3) is 0 Å². The molecule has 30 heavy (non-hydrogen) atoms. The fraction of sp³-hybridized carbons (Fsp3) is 0.450. The van der Waals surface area contributed by atoms with Crippen LogP contribution in [0, 0.1) is 0 Å². The number of hydrogen-bond acceptors (Lipinski definition) is 7. The van der Waals surface area contributed by atoms with Gasteiger partial charge < -0.3 is 11.1 Å². The summed E-state index contributed by atoms with van der Waals surface area (Å²) in [5.74, 6) is -1.75. The quantitative estimate of drug-likeness (QED) is 0.695. The number of benzene rings is 1. The summed E-state index contributed by atoms with van der Waals surface area (Å²) in [5, 5.41) is 7.44. The number of para-hydroxylation sites is 1. The van der Waals surface area contributed by atoms with Crippen LogP contribution in [0.5, 0.6) is 0 Å². The highest BCUT2D eigenvalue weighted by Crippen LogP contribution is 2.35. The van der Waals surface area contributed by atoms with Crippen molar-refractivity contribution in [3.05, 3.63) is 40.6 Å². The maximum atomic E-state index is 13.2. The first-order chi connectivity index (χ1) is 14.2. The minimum Gasteiger partial charge on any atom is -0.385 e. The second-order valence-electron chi connectivity index (χ2n) is 7.74. The van der Waals surface area contributed by atoms with Gasteiger partial charge in [-0.2, -0.15) is 8.99 Å². The van der Waals surface area contributed by atoms with Gasteiger partial charge in [-0.15, -0.1) is 5.10 Å². The highest BCUT2D eigenvalue weighted by molar-refractivity contribution is 7.88. The van der Waals surface area contributed by atoms with E-state index in [1.807, 2.05) is 25.1 Å². The maximum absolute atomic E-state index is 13.2. The van der Waals surface area contributed by atoms with E-state index >= 15 is 0 Å². The third-order valence-corrected chi connectivity index (χ3v) is 7.17. The number of rotatable bonds is 4. The van der Waals surface area contributed by atoms with Crippen LogP contribution in [0.4, 0.5) is 11.5 Å². The van der Waals surface area contributed by atoms with Gasteiger partial charge in [-0.05, 0) is 30.4 Å². The number of aromatic nitrogens is 2. The molecule has 9 nitrogen and oxygen atoms in total. The molecule has 3 heterocycles. The van der Waals surface area contributed by atoms with Crippen LogP contribution in [-0.2, 0) is 34.2 Å². The lowest BCUT2D eigenvalue weighted by molar-refractivity contribution is -0.117. The molecule has 0 amide bonds. The third kappa shape index (κ3) is 3.39. The largest absolute Gasteiger partial charge is 0.385 e. The molecule has 1 unspecified atom stereocenters. The van der Waals surface area contributed by atoms with E-state index in [0.29, 0.717) is 30.6 Å². The summed E-state index contributed by atoms with van der Waals surface area (Å²) in [7, 11) is -3.44. The number of Topliss-reactive ketones (excluding diaryl/α,β-unsaturated/α-hetero) is 1. The number of anilines is 2. The van der Waals surface area contributed by atoms with E-state index in [-0.39, 0.29) is 18.9 Å². The average Bonchev–Trinajstić information content (AvgIpc) is 3.07. The van der Waals surface area contributed by atoms with Crippen molar-refractivity contribution in [1.82, 2.24) is 14.1 Å². The number of sulfonamides is 1. The molecule has 1 aromatic carbocycles. The van der Waals surface area contributed by atoms with Crippen LogP contribution in [0.2, 0.25) is 0 Å². The number of nitrogens with zero attached hydrogens (tertiary/aromatic N) is 3. The molecule has 160 valence electrons. The van der Waals surface area contributed by atoms with Crippen LogP contribution in [0.1, 0.15) is 46.4 Å². The Morgan fingerprint density at radius 3 is 2.80 bits per heavy atom. The Morgan fingerprint density at radius 1 is 1.33 bits per heavy atom. The molecular formula is C20H25N5O4S. The summed E-state index contributed by atoms with van der Waals surface area (Å²) >= 11 is 0. The van der Waals surface area contributed by atoms with E-state index in [1.165, 1.54) is 4.31 Å². The van der Waals surface area contributed by atoms with Crippen molar-refractivity contribution in [2.75, 3.05) is 30.4 Å². The Balaban J connectivity index is 1.69. The zero-order valence-corrected chi connectivity index (χ0v) is 17.8. The second-order valence-corrected chi connectivity index (χ2v) is 9.72. The second kappa shape index (κ2) is 7.51. The van der Waals surface area contributed by atoms with E-state index in [4.69, 9.17) is 5.73 Å². The normalized spacial score (nSPS) is 18.9. The van der Waals surface area contributed by atoms with Gasteiger partial charge in [0.15, 0.2) is 0 Å². The topological polar surface area (TPSA) is 127 Å². The van der Waals surface area contributed by atoms with Crippen LogP contribution in [0.25, 0.3) is 0 Å². The molecule has 0 saturated heterocycles. The molecule has 3 N–H and O–H groups in total. The van der Waals surface area contributed by atoms with Crippen LogP contribution in [0.3, 0.4) is 0 Å². The maximum Gasteiger partial charge on any atom is 0.315 e. The zero-order valence-electron chi connectivity index (χ0n) is 17.0. The van der Waals surface area contributed by atoms with Crippen molar-refractivity contribution < 1.29 is 18.0 Å². The number of aryl methyl sites for hydroxylation is 1. The first kappa shape index (κ1) is 20.5. The highest BCUT2D eigenvalue weighted by atomic mass is 32.2. The Kier molecular flexibility index (Phi) is 5.15. The number of carbonyl (C=O) groups excluding carboxylic acids is 2. The molecule has 0 aliphatic carbocycles. The van der Waals surface area contributed by atoms with Crippen molar-refractivity contribution >= 4 is 33.2 Å². The SMILES string of the molecule is CCc1cccc2c1NCCC2C(=O)C(=O)n1nc(N)c2c1CN(S(C)(=O)=O)CC2. The van der Waals surface area contributed by atoms with Crippen LogP contribution < -0.4 is 11.1 Å². The standard InChI is InChI=1S/C20H25N5O4S/c1-3-12-5-4-6-13-14(7-9-22-17(12)13)18(26)20(27)25-16-11-24(30(2,28)29)10-8-15(16)19(21)23-25/h4-6,14,22H,3,7-11H2,1-2H3,(H2,21,23). The lowest BCUT2D eigenvalue weighted by Gasteiger charge is -2.28. The van der Waals surface area contributed by atoms with Gasteiger partial charge in [0.2, 0.25) is 15.8 Å². The number of carbonyl (C=O) groups is 2. The molecule has 0 fully saturated rings. The lowest BCUT2D eigenvalue weighted by atomic mass is 9.85. The van der Waals surface area contributed by atoms with Crippen molar-refractivity contribution in [3.8, 4) is 0 Å². The number of nitrogens with one attached hydrogen (secondary N) is 1. The summed E-state index contributed by atoms with van der Waals surface area (Å²) in [6, 6.07) is 5.77. The van der Waals surface area contributed by atoms with Gasteiger partial charge in [0.05, 0.1) is 24.4 Å². The van der Waals surface area contributed by atoms with Crippen molar-refractivity contribution in [1.29, 1.82) is 0 Å². The van der Waals surface area contributed by atoms with Gasteiger partial charge >= 0.3 is 5.91 Å². The molecule has 0 saturated carbocycles.